The van der Waals surface area contributed by atoms with Gasteiger partial charge in [-0.3, -0.25) is 0 Å². The van der Waals surface area contributed by atoms with Crippen molar-refractivity contribution in [3.05, 3.63) is 22.2 Å². The Labute approximate surface area is 109 Å². The highest BCUT2D eigenvalue weighted by Gasteiger charge is 2.26. The Kier molecular flexibility index (Phi) is 4.25. The molecule has 1 aliphatic rings. The second-order valence-electron chi connectivity index (χ2n) is 4.03. The van der Waals surface area contributed by atoms with E-state index in [1.165, 1.54) is 0 Å². The largest absolute Gasteiger partial charge is 0.493 e. The van der Waals surface area contributed by atoms with E-state index in [1.807, 2.05) is 12.1 Å². The van der Waals surface area contributed by atoms with Gasteiger partial charge in [0, 0.05) is 16.5 Å². The molecule has 5 heteroatoms. The first-order valence-corrected chi connectivity index (χ1v) is 6.38. The topological polar surface area (TPSA) is 53.7 Å². The molecule has 1 fully saturated rings. The Morgan fingerprint density at radius 3 is 2.76 bits per heavy atom. The molecule has 4 nitrogen and oxygen atoms in total. The van der Waals surface area contributed by atoms with E-state index in [4.69, 9.17) is 15.4 Å². The van der Waals surface area contributed by atoms with Crippen LogP contribution in [0.4, 0.5) is 0 Å². The van der Waals surface area contributed by atoms with Crippen molar-refractivity contribution in [3.63, 3.8) is 0 Å². The predicted molar refractivity (Wildman–Crippen MR) is 68.2 cm³/mol. The number of rotatable bonds is 6. The van der Waals surface area contributed by atoms with E-state index in [0.717, 1.165) is 34.4 Å². The van der Waals surface area contributed by atoms with Crippen LogP contribution in [0.5, 0.6) is 11.5 Å². The lowest BCUT2D eigenvalue weighted by atomic mass is 10.1. The van der Waals surface area contributed by atoms with Crippen LogP contribution in [-0.2, 0) is 11.3 Å². The van der Waals surface area contributed by atoms with E-state index in [2.05, 4.69) is 20.8 Å². The number of hydrogen-bond acceptors (Lipinski definition) is 4. The van der Waals surface area contributed by atoms with Crippen LogP contribution >= 0.6 is 15.9 Å². The van der Waals surface area contributed by atoms with Crippen molar-refractivity contribution in [2.75, 3.05) is 13.7 Å². The fourth-order valence-electron chi connectivity index (χ4n) is 1.62. The fraction of sp³-hybridized carbons (Fsp3) is 0.500. The Balaban J connectivity index is 2.26. The van der Waals surface area contributed by atoms with Crippen LogP contribution in [0.1, 0.15) is 18.4 Å². The van der Waals surface area contributed by atoms with Gasteiger partial charge in [-0.2, -0.15) is 0 Å². The highest BCUT2D eigenvalue weighted by atomic mass is 79.9. The number of nitrogens with two attached hydrogens (primary N) is 1. The molecule has 0 bridgehead atoms. The zero-order valence-corrected chi connectivity index (χ0v) is 11.3. The van der Waals surface area contributed by atoms with E-state index in [-0.39, 0.29) is 0 Å². The molecule has 94 valence electrons. The number of hydrogen-bond donors (Lipinski definition) is 1. The van der Waals surface area contributed by atoms with Crippen molar-refractivity contribution >= 4 is 15.9 Å². The van der Waals surface area contributed by atoms with Crippen molar-refractivity contribution in [3.8, 4) is 11.5 Å². The fourth-order valence-corrected chi connectivity index (χ4v) is 2.10. The second-order valence-corrected chi connectivity index (χ2v) is 4.95. The van der Waals surface area contributed by atoms with Crippen molar-refractivity contribution in [1.29, 1.82) is 0 Å². The van der Waals surface area contributed by atoms with Crippen molar-refractivity contribution in [1.82, 2.24) is 0 Å². The molecule has 0 aliphatic heterocycles. The molecule has 0 saturated heterocycles. The Hall–Kier alpha value is -0.780. The third kappa shape index (κ3) is 3.34. The summed E-state index contributed by atoms with van der Waals surface area (Å²) in [6.07, 6.45) is 3.27. The Bertz CT molecular complexity index is 394. The van der Waals surface area contributed by atoms with Gasteiger partial charge >= 0.3 is 0 Å². The SMILES string of the molecule is COc1cc(Br)cc(CCON)c1OC1CC1. The number of methoxy groups -OCH3 is 1. The van der Waals surface area contributed by atoms with Gasteiger partial charge in [-0.1, -0.05) is 15.9 Å². The maximum absolute atomic E-state index is 5.89. The monoisotopic (exact) mass is 301 g/mol. The molecule has 0 unspecified atom stereocenters. The Morgan fingerprint density at radius 1 is 1.41 bits per heavy atom. The minimum atomic E-state index is 0.336. The summed E-state index contributed by atoms with van der Waals surface area (Å²) in [4.78, 5) is 4.62. The van der Waals surface area contributed by atoms with Crippen LogP contribution in [0, 0.1) is 0 Å². The minimum Gasteiger partial charge on any atom is -0.493 e. The number of ether oxygens (including phenoxy) is 2. The summed E-state index contributed by atoms with van der Waals surface area (Å²) >= 11 is 3.45. The zero-order valence-electron chi connectivity index (χ0n) is 9.74. The van der Waals surface area contributed by atoms with E-state index < -0.39 is 0 Å². The summed E-state index contributed by atoms with van der Waals surface area (Å²) in [6, 6.07) is 3.92. The summed E-state index contributed by atoms with van der Waals surface area (Å²) in [5.41, 5.74) is 1.05. The molecule has 2 N–H and O–H groups in total. The average molecular weight is 302 g/mol. The molecule has 1 aromatic rings. The number of benzene rings is 1. The van der Waals surface area contributed by atoms with E-state index in [9.17, 15) is 0 Å². The minimum absolute atomic E-state index is 0.336. The normalized spacial score (nSPS) is 14.8. The molecular weight excluding hydrogens is 286 g/mol. The Morgan fingerprint density at radius 2 is 2.18 bits per heavy atom. The van der Waals surface area contributed by atoms with Gasteiger partial charge in [0.05, 0.1) is 19.8 Å². The van der Waals surface area contributed by atoms with E-state index in [0.29, 0.717) is 19.1 Å². The summed E-state index contributed by atoms with van der Waals surface area (Å²) in [6.45, 7) is 0.459. The quantitative estimate of drug-likeness (QED) is 0.820. The third-order valence-corrected chi connectivity index (χ3v) is 3.07. The van der Waals surface area contributed by atoms with Crippen molar-refractivity contribution < 1.29 is 14.3 Å². The van der Waals surface area contributed by atoms with Crippen molar-refractivity contribution in [2.24, 2.45) is 5.90 Å². The van der Waals surface area contributed by atoms with Gasteiger partial charge in [-0.15, -0.1) is 0 Å². The van der Waals surface area contributed by atoms with E-state index in [1.54, 1.807) is 7.11 Å². The molecule has 17 heavy (non-hydrogen) atoms. The summed E-state index contributed by atoms with van der Waals surface area (Å²) in [5.74, 6) is 6.63. The standard InChI is InChI=1S/C12H16BrNO3/c1-15-11-7-9(13)6-8(4-5-16-14)12(11)17-10-2-3-10/h6-7,10H,2-5,14H2,1H3. The van der Waals surface area contributed by atoms with Crippen LogP contribution in [0.2, 0.25) is 0 Å². The molecule has 0 heterocycles. The van der Waals surface area contributed by atoms with Crippen LogP contribution in [0.25, 0.3) is 0 Å². The van der Waals surface area contributed by atoms with Gasteiger partial charge in [0.2, 0.25) is 0 Å². The maximum atomic E-state index is 5.89. The van der Waals surface area contributed by atoms with Crippen LogP contribution in [-0.4, -0.2) is 19.8 Å². The van der Waals surface area contributed by atoms with Gasteiger partial charge < -0.3 is 14.3 Å². The molecule has 1 saturated carbocycles. The molecule has 0 spiro atoms. The second kappa shape index (κ2) is 5.71. The smallest absolute Gasteiger partial charge is 0.164 e. The summed E-state index contributed by atoms with van der Waals surface area (Å²) in [7, 11) is 1.64. The molecule has 0 aromatic heterocycles. The lowest BCUT2D eigenvalue weighted by Gasteiger charge is -2.15. The summed E-state index contributed by atoms with van der Waals surface area (Å²) in [5, 5.41) is 0. The first-order chi connectivity index (χ1) is 8.24. The summed E-state index contributed by atoms with van der Waals surface area (Å²) < 4.78 is 12.2. The van der Waals surface area contributed by atoms with Gasteiger partial charge in [0.25, 0.3) is 0 Å². The molecular formula is C12H16BrNO3. The van der Waals surface area contributed by atoms with E-state index >= 15 is 0 Å². The molecule has 0 atom stereocenters. The zero-order chi connectivity index (χ0) is 12.3. The maximum Gasteiger partial charge on any atom is 0.164 e. The van der Waals surface area contributed by atoms with Gasteiger partial charge in [-0.05, 0) is 25.0 Å². The highest BCUT2D eigenvalue weighted by molar-refractivity contribution is 9.10. The molecule has 1 aromatic carbocycles. The van der Waals surface area contributed by atoms with Crippen LogP contribution in [0.3, 0.4) is 0 Å². The lowest BCUT2D eigenvalue weighted by Crippen LogP contribution is -2.07. The first-order valence-electron chi connectivity index (χ1n) is 5.59. The highest BCUT2D eigenvalue weighted by Crippen LogP contribution is 2.39. The molecule has 0 radical (unpaired) electrons. The lowest BCUT2D eigenvalue weighted by molar-refractivity contribution is 0.140. The number of halogens is 1. The average Bonchev–Trinajstić information content (AvgIpc) is 3.12. The molecule has 2 rings (SSSR count). The molecule has 0 amide bonds. The van der Waals surface area contributed by atoms with Crippen LogP contribution in [0.15, 0.2) is 16.6 Å². The predicted octanol–water partition coefficient (Wildman–Crippen LogP) is 2.43. The first kappa shape index (κ1) is 12.7. The van der Waals surface area contributed by atoms with Gasteiger partial charge in [0.1, 0.15) is 0 Å². The van der Waals surface area contributed by atoms with Gasteiger partial charge in [-0.25, -0.2) is 5.90 Å². The van der Waals surface area contributed by atoms with Gasteiger partial charge in [0.15, 0.2) is 11.5 Å². The molecule has 1 aliphatic carbocycles. The third-order valence-electron chi connectivity index (χ3n) is 2.61. The van der Waals surface area contributed by atoms with Crippen molar-refractivity contribution in [2.45, 2.75) is 25.4 Å². The van der Waals surface area contributed by atoms with Crippen LogP contribution < -0.4 is 15.4 Å².